The minimum absolute atomic E-state index is 0.0505. The molecule has 1 saturated heterocycles. The van der Waals surface area contributed by atoms with E-state index in [-0.39, 0.29) is 30.9 Å². The molecule has 1 aliphatic heterocycles. The Hall–Kier alpha value is -3.11. The van der Waals surface area contributed by atoms with Crippen LogP contribution in [0.4, 0.5) is 0 Å². The SMILES string of the molecule is Cc1cn([C@H]2C[C@H](N=[N+]=[N-])[C@@H](COC(=O)CNC(=O)C34CC5CC(CC(C5)C3)C4)O2)c(=O)[nH]c1=O. The van der Waals surface area contributed by atoms with Crippen LogP contribution in [-0.2, 0) is 19.1 Å². The van der Waals surface area contributed by atoms with Gasteiger partial charge in [-0.3, -0.25) is 23.9 Å². The summed E-state index contributed by atoms with van der Waals surface area (Å²) in [5, 5.41) is 6.51. The number of carbonyl (C=O) groups excluding carboxylic acids is 2. The minimum Gasteiger partial charge on any atom is -0.462 e. The van der Waals surface area contributed by atoms with Gasteiger partial charge in [0.05, 0.1) is 6.04 Å². The van der Waals surface area contributed by atoms with Crippen LogP contribution in [0.1, 0.15) is 56.7 Å². The van der Waals surface area contributed by atoms with Crippen LogP contribution in [0.5, 0.6) is 0 Å². The lowest BCUT2D eigenvalue weighted by atomic mass is 9.49. The number of rotatable bonds is 7. The zero-order valence-electron chi connectivity index (χ0n) is 19.6. The summed E-state index contributed by atoms with van der Waals surface area (Å²) in [5.74, 6) is 1.23. The number of carbonyl (C=O) groups is 2. The smallest absolute Gasteiger partial charge is 0.330 e. The summed E-state index contributed by atoms with van der Waals surface area (Å²) in [6, 6.07) is -0.668. The molecule has 35 heavy (non-hydrogen) atoms. The molecular weight excluding hydrogens is 456 g/mol. The number of aryl methyl sites for hydroxylation is 1. The Labute approximate surface area is 201 Å². The first-order chi connectivity index (χ1) is 16.8. The van der Waals surface area contributed by atoms with Crippen LogP contribution in [0.3, 0.4) is 0 Å². The van der Waals surface area contributed by atoms with E-state index in [1.54, 1.807) is 6.92 Å². The molecule has 6 rings (SSSR count). The normalized spacial score (nSPS) is 34.9. The van der Waals surface area contributed by atoms with Crippen molar-refractivity contribution in [3.63, 3.8) is 0 Å². The van der Waals surface area contributed by atoms with Gasteiger partial charge in [-0.2, -0.15) is 0 Å². The van der Waals surface area contributed by atoms with Gasteiger partial charge in [0.15, 0.2) is 0 Å². The van der Waals surface area contributed by atoms with Gasteiger partial charge in [-0.15, -0.1) is 0 Å². The van der Waals surface area contributed by atoms with Crippen molar-refractivity contribution >= 4 is 11.9 Å². The molecule has 4 bridgehead atoms. The van der Waals surface area contributed by atoms with Crippen LogP contribution >= 0.6 is 0 Å². The van der Waals surface area contributed by atoms with Gasteiger partial charge < -0.3 is 14.8 Å². The van der Waals surface area contributed by atoms with Crippen LogP contribution in [0.25, 0.3) is 10.4 Å². The van der Waals surface area contributed by atoms with Crippen LogP contribution in [-0.4, -0.2) is 46.7 Å². The van der Waals surface area contributed by atoms with E-state index in [1.165, 1.54) is 30.0 Å². The molecule has 1 amide bonds. The highest BCUT2D eigenvalue weighted by atomic mass is 16.6. The van der Waals surface area contributed by atoms with Gasteiger partial charge >= 0.3 is 11.7 Å². The number of amides is 1. The second-order valence-corrected chi connectivity index (χ2v) is 10.7. The summed E-state index contributed by atoms with van der Waals surface area (Å²) in [7, 11) is 0. The number of nitrogens with zero attached hydrogens (tertiary/aromatic N) is 4. The molecule has 0 aromatic carbocycles. The van der Waals surface area contributed by atoms with Crippen LogP contribution in [0, 0.1) is 30.1 Å². The molecule has 0 unspecified atom stereocenters. The van der Waals surface area contributed by atoms with Gasteiger partial charge in [0.2, 0.25) is 5.91 Å². The molecule has 188 valence electrons. The lowest BCUT2D eigenvalue weighted by Crippen LogP contribution is -2.54. The monoisotopic (exact) mass is 486 g/mol. The molecule has 12 heteroatoms. The fourth-order valence-corrected chi connectivity index (χ4v) is 6.98. The Bertz CT molecular complexity index is 1150. The first-order valence-corrected chi connectivity index (χ1v) is 12.2. The van der Waals surface area contributed by atoms with Crippen LogP contribution in [0.15, 0.2) is 20.9 Å². The number of H-pyrrole nitrogens is 1. The molecule has 3 atom stereocenters. The maximum absolute atomic E-state index is 13.0. The average Bonchev–Trinajstić information content (AvgIpc) is 3.20. The summed E-state index contributed by atoms with van der Waals surface area (Å²) in [6.45, 7) is 1.14. The minimum atomic E-state index is -0.784. The molecule has 1 aromatic heterocycles. The second kappa shape index (κ2) is 9.16. The Kier molecular flexibility index (Phi) is 6.18. The predicted octanol–water partition coefficient (Wildman–Crippen LogP) is 1.69. The molecule has 12 nitrogen and oxygen atoms in total. The van der Waals surface area contributed by atoms with E-state index in [1.807, 2.05) is 0 Å². The van der Waals surface area contributed by atoms with Crippen LogP contribution < -0.4 is 16.6 Å². The van der Waals surface area contributed by atoms with Gasteiger partial charge in [-0.05, 0) is 68.7 Å². The first kappa shape index (κ1) is 23.6. The molecule has 2 heterocycles. The van der Waals surface area contributed by atoms with Crippen molar-refractivity contribution < 1.29 is 19.1 Å². The van der Waals surface area contributed by atoms with Crippen molar-refractivity contribution in [3.05, 3.63) is 43.0 Å². The van der Waals surface area contributed by atoms with E-state index in [0.29, 0.717) is 23.3 Å². The average molecular weight is 487 g/mol. The topological polar surface area (TPSA) is 168 Å². The number of aromatic amines is 1. The summed E-state index contributed by atoms with van der Waals surface area (Å²) in [5.41, 5.74) is 7.76. The van der Waals surface area contributed by atoms with Crippen molar-refractivity contribution in [2.24, 2.45) is 28.3 Å². The van der Waals surface area contributed by atoms with Crippen molar-refractivity contribution in [3.8, 4) is 0 Å². The molecule has 5 aliphatic rings. The van der Waals surface area contributed by atoms with Gasteiger partial charge in [0.25, 0.3) is 5.56 Å². The summed E-state index contributed by atoms with van der Waals surface area (Å²) in [6.07, 6.45) is 6.44. The lowest BCUT2D eigenvalue weighted by molar-refractivity contribution is -0.153. The quantitative estimate of drug-likeness (QED) is 0.257. The van der Waals surface area contributed by atoms with E-state index in [9.17, 15) is 19.2 Å². The summed E-state index contributed by atoms with van der Waals surface area (Å²) < 4.78 is 12.4. The third-order valence-electron chi connectivity index (χ3n) is 8.18. The van der Waals surface area contributed by atoms with Crippen LogP contribution in [0.2, 0.25) is 0 Å². The van der Waals surface area contributed by atoms with Crippen molar-refractivity contribution in [1.29, 1.82) is 0 Å². The van der Waals surface area contributed by atoms with Crippen molar-refractivity contribution in [2.75, 3.05) is 13.2 Å². The molecule has 5 fully saturated rings. The molecule has 0 radical (unpaired) electrons. The van der Waals surface area contributed by atoms with Crippen molar-refractivity contribution in [1.82, 2.24) is 14.9 Å². The lowest BCUT2D eigenvalue weighted by Gasteiger charge is -2.55. The molecule has 4 aliphatic carbocycles. The van der Waals surface area contributed by atoms with Crippen molar-refractivity contribution in [2.45, 2.75) is 70.2 Å². The maximum atomic E-state index is 13.0. The van der Waals surface area contributed by atoms with E-state index in [0.717, 1.165) is 19.3 Å². The Balaban J connectivity index is 1.16. The highest BCUT2D eigenvalue weighted by Gasteiger charge is 2.54. The van der Waals surface area contributed by atoms with Gasteiger partial charge in [-0.25, -0.2) is 4.79 Å². The second-order valence-electron chi connectivity index (χ2n) is 10.7. The zero-order valence-corrected chi connectivity index (χ0v) is 19.6. The third kappa shape index (κ3) is 4.60. The van der Waals surface area contributed by atoms with E-state index < -0.39 is 35.6 Å². The fourth-order valence-electron chi connectivity index (χ4n) is 6.98. The fraction of sp³-hybridized carbons (Fsp3) is 0.739. The molecular formula is C23H30N6O6. The summed E-state index contributed by atoms with van der Waals surface area (Å²) >= 11 is 0. The number of hydrogen-bond donors (Lipinski definition) is 2. The maximum Gasteiger partial charge on any atom is 0.330 e. The number of aromatic nitrogens is 2. The number of hydrogen-bond acceptors (Lipinski definition) is 7. The molecule has 0 spiro atoms. The van der Waals surface area contributed by atoms with Gasteiger partial charge in [-0.1, -0.05) is 5.11 Å². The number of esters is 1. The first-order valence-electron chi connectivity index (χ1n) is 12.2. The standard InChI is InChI=1S/C23H30N6O6/c1-12-10-29(22(33)26-20(12)31)18-5-16(27-28-24)17(35-18)11-34-19(30)9-25-21(32)23-6-13-2-14(7-23)4-15(3-13)8-23/h10,13-18H,2-9,11H2,1H3,(H,25,32)(H,26,31,33)/t13?,14?,15?,16-,17+,18+,23?/m0/s1. The summed E-state index contributed by atoms with van der Waals surface area (Å²) in [4.78, 5) is 54.3. The van der Waals surface area contributed by atoms with Gasteiger partial charge in [0, 0.05) is 28.5 Å². The third-order valence-corrected chi connectivity index (χ3v) is 8.18. The molecule has 4 saturated carbocycles. The number of azide groups is 1. The number of nitrogens with one attached hydrogen (secondary N) is 2. The Morgan fingerprint density at radius 1 is 1.23 bits per heavy atom. The molecule has 2 N–H and O–H groups in total. The predicted molar refractivity (Wildman–Crippen MR) is 122 cm³/mol. The highest BCUT2D eigenvalue weighted by molar-refractivity contribution is 5.86. The van der Waals surface area contributed by atoms with E-state index in [2.05, 4.69) is 20.3 Å². The Morgan fingerprint density at radius 2 is 1.89 bits per heavy atom. The van der Waals surface area contributed by atoms with Gasteiger partial charge in [0.1, 0.15) is 25.5 Å². The molecule has 1 aromatic rings. The highest BCUT2D eigenvalue weighted by Crippen LogP contribution is 2.60. The largest absolute Gasteiger partial charge is 0.462 e. The zero-order chi connectivity index (χ0) is 24.7. The Morgan fingerprint density at radius 3 is 2.51 bits per heavy atom. The van der Waals surface area contributed by atoms with E-state index in [4.69, 9.17) is 15.0 Å². The van der Waals surface area contributed by atoms with E-state index >= 15 is 0 Å². The number of ether oxygens (including phenoxy) is 2.